The summed E-state index contributed by atoms with van der Waals surface area (Å²) in [6.45, 7) is 1.07. The fourth-order valence-corrected chi connectivity index (χ4v) is 4.01. The van der Waals surface area contributed by atoms with Crippen LogP contribution in [0.25, 0.3) is 0 Å². The van der Waals surface area contributed by atoms with Crippen molar-refractivity contribution >= 4 is 34.0 Å². The van der Waals surface area contributed by atoms with Crippen LogP contribution in [-0.4, -0.2) is 38.4 Å². The third kappa shape index (κ3) is 5.18. The molecular formula is C18H21ClFN3O3S. The summed E-state index contributed by atoms with van der Waals surface area (Å²) in [7, 11) is -3.89. The van der Waals surface area contributed by atoms with Crippen LogP contribution < -0.4 is 10.5 Å². The van der Waals surface area contributed by atoms with Crippen LogP contribution in [0.2, 0.25) is 0 Å². The molecule has 0 radical (unpaired) electrons. The molecule has 0 saturated carbocycles. The van der Waals surface area contributed by atoms with E-state index < -0.39 is 15.8 Å². The van der Waals surface area contributed by atoms with Gasteiger partial charge in [0.1, 0.15) is 5.82 Å². The van der Waals surface area contributed by atoms with Crippen LogP contribution in [0.15, 0.2) is 53.4 Å². The van der Waals surface area contributed by atoms with E-state index in [2.05, 4.69) is 4.72 Å². The lowest BCUT2D eigenvalue weighted by atomic mass is 10.1. The van der Waals surface area contributed by atoms with E-state index in [1.807, 2.05) is 0 Å². The molecule has 1 atom stereocenters. The molecule has 9 heteroatoms. The standard InChI is InChI=1S/C18H20FN3O3S.ClH/c19-14-6-8-16(9-7-14)21-26(24,25)17-5-1-3-13(11-17)18(23)22-10-2-4-15(20)12-22;/h1,3,5-9,11,15,21H,2,4,10,12,20H2;1H. The molecule has 1 aliphatic rings. The Hall–Kier alpha value is -2.16. The third-order valence-electron chi connectivity index (χ3n) is 4.23. The Labute approximate surface area is 164 Å². The van der Waals surface area contributed by atoms with Gasteiger partial charge in [-0.1, -0.05) is 6.07 Å². The van der Waals surface area contributed by atoms with Gasteiger partial charge in [-0.05, 0) is 55.3 Å². The van der Waals surface area contributed by atoms with Gasteiger partial charge >= 0.3 is 0 Å². The van der Waals surface area contributed by atoms with Crippen LogP contribution in [0.1, 0.15) is 23.2 Å². The van der Waals surface area contributed by atoms with Crippen molar-refractivity contribution in [3.63, 3.8) is 0 Å². The lowest BCUT2D eigenvalue weighted by Crippen LogP contribution is -2.45. The van der Waals surface area contributed by atoms with E-state index >= 15 is 0 Å². The number of carbonyl (C=O) groups is 1. The molecule has 3 rings (SSSR count). The topological polar surface area (TPSA) is 92.5 Å². The zero-order valence-corrected chi connectivity index (χ0v) is 16.1. The largest absolute Gasteiger partial charge is 0.337 e. The number of nitrogens with two attached hydrogens (primary N) is 1. The first-order valence-electron chi connectivity index (χ1n) is 8.28. The van der Waals surface area contributed by atoms with E-state index in [1.165, 1.54) is 30.3 Å². The van der Waals surface area contributed by atoms with Crippen molar-refractivity contribution in [2.45, 2.75) is 23.8 Å². The van der Waals surface area contributed by atoms with Crippen LogP contribution in [0.5, 0.6) is 0 Å². The Kier molecular flexibility index (Phi) is 6.80. The number of rotatable bonds is 4. The first-order valence-corrected chi connectivity index (χ1v) is 9.77. The monoisotopic (exact) mass is 413 g/mol. The second-order valence-electron chi connectivity index (χ2n) is 6.29. The van der Waals surface area contributed by atoms with Crippen molar-refractivity contribution in [3.8, 4) is 0 Å². The zero-order valence-electron chi connectivity index (χ0n) is 14.5. The minimum Gasteiger partial charge on any atom is -0.337 e. The predicted molar refractivity (Wildman–Crippen MR) is 104 cm³/mol. The van der Waals surface area contributed by atoms with Crippen molar-refractivity contribution in [1.82, 2.24) is 4.90 Å². The van der Waals surface area contributed by atoms with E-state index in [1.54, 1.807) is 11.0 Å². The molecule has 1 saturated heterocycles. The van der Waals surface area contributed by atoms with E-state index in [-0.39, 0.29) is 34.9 Å². The molecule has 0 spiro atoms. The summed E-state index contributed by atoms with van der Waals surface area (Å²) in [6, 6.07) is 10.8. The summed E-state index contributed by atoms with van der Waals surface area (Å²) in [4.78, 5) is 14.2. The van der Waals surface area contributed by atoms with Gasteiger partial charge in [-0.25, -0.2) is 12.8 Å². The second kappa shape index (κ2) is 8.69. The van der Waals surface area contributed by atoms with Crippen molar-refractivity contribution < 1.29 is 17.6 Å². The fourth-order valence-electron chi connectivity index (χ4n) is 2.91. The summed E-state index contributed by atoms with van der Waals surface area (Å²) in [6.07, 6.45) is 1.71. The number of hydrogen-bond donors (Lipinski definition) is 2. The Morgan fingerprint density at radius 2 is 1.89 bits per heavy atom. The maximum absolute atomic E-state index is 13.0. The molecule has 2 aromatic carbocycles. The number of likely N-dealkylation sites (tertiary alicyclic amines) is 1. The number of halogens is 2. The van der Waals surface area contributed by atoms with Crippen LogP contribution in [0, 0.1) is 5.82 Å². The van der Waals surface area contributed by atoms with Gasteiger partial charge in [0.2, 0.25) is 0 Å². The summed E-state index contributed by atoms with van der Waals surface area (Å²) in [5.74, 6) is -0.695. The minimum atomic E-state index is -3.89. The SMILES string of the molecule is Cl.NC1CCCN(C(=O)c2cccc(S(=O)(=O)Nc3ccc(F)cc3)c2)C1. The van der Waals surface area contributed by atoms with Crippen molar-refractivity contribution in [1.29, 1.82) is 0 Å². The van der Waals surface area contributed by atoms with Gasteiger partial charge in [-0.15, -0.1) is 12.4 Å². The van der Waals surface area contributed by atoms with Gasteiger partial charge in [0.05, 0.1) is 4.90 Å². The Morgan fingerprint density at radius 3 is 2.56 bits per heavy atom. The summed E-state index contributed by atoms with van der Waals surface area (Å²) < 4.78 is 40.4. The molecule has 1 amide bonds. The van der Waals surface area contributed by atoms with E-state index in [0.717, 1.165) is 25.0 Å². The third-order valence-corrected chi connectivity index (χ3v) is 5.61. The number of piperidine rings is 1. The predicted octanol–water partition coefficient (Wildman–Crippen LogP) is 2.61. The van der Waals surface area contributed by atoms with Crippen LogP contribution in [0.4, 0.5) is 10.1 Å². The van der Waals surface area contributed by atoms with Gasteiger partial charge in [0, 0.05) is 30.4 Å². The van der Waals surface area contributed by atoms with Crippen molar-refractivity contribution in [3.05, 3.63) is 59.9 Å². The molecule has 2 aromatic rings. The molecule has 6 nitrogen and oxygen atoms in total. The Bertz CT molecular complexity index is 906. The maximum atomic E-state index is 13.0. The van der Waals surface area contributed by atoms with Crippen molar-refractivity contribution in [2.75, 3.05) is 17.8 Å². The maximum Gasteiger partial charge on any atom is 0.261 e. The van der Waals surface area contributed by atoms with Crippen LogP contribution in [0.3, 0.4) is 0 Å². The highest BCUT2D eigenvalue weighted by Crippen LogP contribution is 2.19. The second-order valence-corrected chi connectivity index (χ2v) is 7.98. The number of nitrogens with one attached hydrogen (secondary N) is 1. The Balaban J connectivity index is 0.00000261. The molecule has 0 aromatic heterocycles. The molecular weight excluding hydrogens is 393 g/mol. The van der Waals surface area contributed by atoms with Crippen molar-refractivity contribution in [2.24, 2.45) is 5.73 Å². The molecule has 3 N–H and O–H groups in total. The van der Waals surface area contributed by atoms with Gasteiger partial charge < -0.3 is 10.6 Å². The van der Waals surface area contributed by atoms with Gasteiger partial charge in [-0.3, -0.25) is 9.52 Å². The van der Waals surface area contributed by atoms with Crippen LogP contribution >= 0.6 is 12.4 Å². The zero-order chi connectivity index (χ0) is 18.7. The lowest BCUT2D eigenvalue weighted by Gasteiger charge is -2.30. The number of amides is 1. The average molecular weight is 414 g/mol. The molecule has 27 heavy (non-hydrogen) atoms. The number of hydrogen-bond acceptors (Lipinski definition) is 4. The van der Waals surface area contributed by atoms with Gasteiger partial charge in [-0.2, -0.15) is 0 Å². The molecule has 1 unspecified atom stereocenters. The summed E-state index contributed by atoms with van der Waals surface area (Å²) >= 11 is 0. The molecule has 1 fully saturated rings. The molecule has 146 valence electrons. The quantitative estimate of drug-likeness (QED) is 0.805. The summed E-state index contributed by atoms with van der Waals surface area (Å²) in [5, 5.41) is 0. The number of benzene rings is 2. The first kappa shape index (κ1) is 21.1. The lowest BCUT2D eigenvalue weighted by molar-refractivity contribution is 0.0708. The molecule has 0 bridgehead atoms. The van der Waals surface area contributed by atoms with Crippen LogP contribution in [-0.2, 0) is 10.0 Å². The molecule has 1 heterocycles. The molecule has 0 aliphatic carbocycles. The van der Waals surface area contributed by atoms with Gasteiger partial charge in [0.25, 0.3) is 15.9 Å². The fraction of sp³-hybridized carbons (Fsp3) is 0.278. The van der Waals surface area contributed by atoms with Gasteiger partial charge in [0.15, 0.2) is 0 Å². The Morgan fingerprint density at radius 1 is 1.19 bits per heavy atom. The average Bonchev–Trinajstić information content (AvgIpc) is 2.63. The molecule has 1 aliphatic heterocycles. The van der Waals surface area contributed by atoms with E-state index in [9.17, 15) is 17.6 Å². The van der Waals surface area contributed by atoms with E-state index in [0.29, 0.717) is 18.7 Å². The smallest absolute Gasteiger partial charge is 0.261 e. The minimum absolute atomic E-state index is 0. The highest BCUT2D eigenvalue weighted by atomic mass is 35.5. The number of carbonyl (C=O) groups excluding carboxylic acids is 1. The normalized spacial score (nSPS) is 17.1. The number of anilines is 1. The van der Waals surface area contributed by atoms with E-state index in [4.69, 9.17) is 5.73 Å². The highest BCUT2D eigenvalue weighted by Gasteiger charge is 2.23. The number of nitrogens with zero attached hydrogens (tertiary/aromatic N) is 1. The highest BCUT2D eigenvalue weighted by molar-refractivity contribution is 7.92. The first-order chi connectivity index (χ1) is 12.3. The summed E-state index contributed by atoms with van der Waals surface area (Å²) in [5.41, 5.74) is 6.44. The number of sulfonamides is 1.